The van der Waals surface area contributed by atoms with Crippen molar-refractivity contribution in [2.45, 2.75) is 31.8 Å². The molecule has 2 N–H and O–H groups in total. The average molecular weight is 328 g/mol. The lowest BCUT2D eigenvalue weighted by molar-refractivity contribution is 0.316. The smallest absolute Gasteiger partial charge is 0.324 e. The van der Waals surface area contributed by atoms with Crippen LogP contribution in [0, 0.1) is 0 Å². The van der Waals surface area contributed by atoms with Crippen molar-refractivity contribution >= 4 is 29.1 Å². The van der Waals surface area contributed by atoms with Crippen molar-refractivity contribution in [1.29, 1.82) is 0 Å². The maximum atomic E-state index is 12.3. The Bertz CT molecular complexity index is 907. The van der Waals surface area contributed by atoms with Crippen LogP contribution in [0.1, 0.15) is 32.3 Å². The van der Waals surface area contributed by atoms with Crippen molar-refractivity contribution in [3.05, 3.63) is 60.2 Å². The summed E-state index contributed by atoms with van der Waals surface area (Å²) in [7, 11) is -4.29. The molecule has 0 saturated carbocycles. The van der Waals surface area contributed by atoms with Crippen LogP contribution in [0.15, 0.2) is 54.6 Å². The highest BCUT2D eigenvalue weighted by molar-refractivity contribution is 7.53. The van der Waals surface area contributed by atoms with E-state index in [1.807, 2.05) is 50.2 Å². The fraction of sp³-hybridized carbons (Fsp3) is 0.263. The third-order valence-electron chi connectivity index (χ3n) is 4.98. The summed E-state index contributed by atoms with van der Waals surface area (Å²) in [5.41, 5.74) is 0.749. The Kier molecular flexibility index (Phi) is 4.05. The van der Waals surface area contributed by atoms with Crippen LogP contribution in [0.5, 0.6) is 0 Å². The maximum Gasteiger partial charge on any atom is 0.335 e. The summed E-state index contributed by atoms with van der Waals surface area (Å²) >= 11 is 0. The lowest BCUT2D eigenvalue weighted by Gasteiger charge is -2.34. The Morgan fingerprint density at radius 2 is 1.43 bits per heavy atom. The van der Waals surface area contributed by atoms with E-state index in [2.05, 4.69) is 18.2 Å². The third-order valence-corrected chi connectivity index (χ3v) is 6.96. The van der Waals surface area contributed by atoms with E-state index >= 15 is 0 Å². The van der Waals surface area contributed by atoms with Crippen LogP contribution in [0.25, 0.3) is 21.5 Å². The minimum absolute atomic E-state index is 0.402. The zero-order valence-corrected chi connectivity index (χ0v) is 14.3. The maximum absolute atomic E-state index is 12.3. The zero-order valence-electron chi connectivity index (χ0n) is 13.4. The van der Waals surface area contributed by atoms with Gasteiger partial charge in [-0.25, -0.2) is 0 Å². The van der Waals surface area contributed by atoms with Gasteiger partial charge in [-0.05, 0) is 52.1 Å². The van der Waals surface area contributed by atoms with Crippen LogP contribution in [0.3, 0.4) is 0 Å². The SMILES string of the molecule is CCC(CC)(c1cccc2cc3ccccc3cc12)P(=O)(O)O. The molecule has 0 heterocycles. The van der Waals surface area contributed by atoms with Gasteiger partial charge in [-0.3, -0.25) is 4.57 Å². The molecule has 4 heteroatoms. The Hall–Kier alpha value is -1.67. The van der Waals surface area contributed by atoms with Crippen LogP contribution in [0.4, 0.5) is 0 Å². The molecule has 3 rings (SSSR count). The highest BCUT2D eigenvalue weighted by Crippen LogP contribution is 2.62. The molecule has 0 amide bonds. The van der Waals surface area contributed by atoms with Gasteiger partial charge < -0.3 is 9.79 Å². The van der Waals surface area contributed by atoms with Crippen molar-refractivity contribution in [3.63, 3.8) is 0 Å². The molecular weight excluding hydrogens is 307 g/mol. The molecule has 0 spiro atoms. The highest BCUT2D eigenvalue weighted by atomic mass is 31.2. The van der Waals surface area contributed by atoms with Gasteiger partial charge in [0.1, 0.15) is 0 Å². The quantitative estimate of drug-likeness (QED) is 0.512. The third kappa shape index (κ3) is 2.49. The average Bonchev–Trinajstić information content (AvgIpc) is 2.53. The lowest BCUT2D eigenvalue weighted by atomic mass is 9.87. The summed E-state index contributed by atoms with van der Waals surface area (Å²) in [5, 5.41) is 3.03. The molecule has 0 aliphatic rings. The fourth-order valence-corrected chi connectivity index (χ4v) is 4.91. The molecule has 0 aromatic heterocycles. The molecule has 0 aliphatic heterocycles. The van der Waals surface area contributed by atoms with Crippen LogP contribution in [-0.2, 0) is 9.72 Å². The first-order valence-electron chi connectivity index (χ1n) is 7.90. The van der Waals surface area contributed by atoms with Gasteiger partial charge >= 0.3 is 7.60 Å². The Morgan fingerprint density at radius 3 is 2.00 bits per heavy atom. The molecule has 0 saturated heterocycles. The highest BCUT2D eigenvalue weighted by Gasteiger charge is 2.46. The predicted molar refractivity (Wildman–Crippen MR) is 95.8 cm³/mol. The first-order valence-corrected chi connectivity index (χ1v) is 9.52. The van der Waals surface area contributed by atoms with Gasteiger partial charge in [0.05, 0.1) is 5.16 Å². The van der Waals surface area contributed by atoms with E-state index in [1.165, 1.54) is 0 Å². The topological polar surface area (TPSA) is 57.5 Å². The van der Waals surface area contributed by atoms with Crippen molar-refractivity contribution < 1.29 is 14.4 Å². The predicted octanol–water partition coefficient (Wildman–Crippen LogP) is 5.19. The summed E-state index contributed by atoms with van der Waals surface area (Å²) in [6, 6.07) is 18.0. The first kappa shape index (κ1) is 16.2. The largest absolute Gasteiger partial charge is 0.335 e. The van der Waals surface area contributed by atoms with Crippen molar-refractivity contribution in [2.24, 2.45) is 0 Å². The van der Waals surface area contributed by atoms with Crippen molar-refractivity contribution in [2.75, 3.05) is 0 Å². The molecule has 3 aromatic rings. The first-order chi connectivity index (χ1) is 10.9. The molecule has 120 valence electrons. The Balaban J connectivity index is 2.41. The van der Waals surface area contributed by atoms with Gasteiger partial charge in [-0.15, -0.1) is 0 Å². The number of benzene rings is 3. The van der Waals surface area contributed by atoms with Crippen LogP contribution < -0.4 is 0 Å². The van der Waals surface area contributed by atoms with Crippen LogP contribution in [-0.4, -0.2) is 9.79 Å². The molecule has 0 aliphatic carbocycles. The fourth-order valence-electron chi connectivity index (χ4n) is 3.57. The minimum Gasteiger partial charge on any atom is -0.324 e. The van der Waals surface area contributed by atoms with Crippen LogP contribution >= 0.6 is 7.60 Å². The molecular formula is C19H21O3P. The lowest BCUT2D eigenvalue weighted by Crippen LogP contribution is -2.24. The van der Waals surface area contributed by atoms with Crippen molar-refractivity contribution in [3.8, 4) is 0 Å². The Labute approximate surface area is 136 Å². The molecule has 0 atom stereocenters. The van der Waals surface area contributed by atoms with Crippen LogP contribution in [0.2, 0.25) is 0 Å². The van der Waals surface area contributed by atoms with Gasteiger partial charge in [0.2, 0.25) is 0 Å². The summed E-state index contributed by atoms with van der Waals surface area (Å²) < 4.78 is 12.3. The monoisotopic (exact) mass is 328 g/mol. The van der Waals surface area contributed by atoms with E-state index in [4.69, 9.17) is 0 Å². The van der Waals surface area contributed by atoms with Gasteiger partial charge in [-0.2, -0.15) is 0 Å². The van der Waals surface area contributed by atoms with Crippen molar-refractivity contribution in [1.82, 2.24) is 0 Å². The second kappa shape index (κ2) is 5.76. The second-order valence-corrected chi connectivity index (χ2v) is 7.95. The summed E-state index contributed by atoms with van der Waals surface area (Å²) in [4.78, 5) is 20.1. The van der Waals surface area contributed by atoms with E-state index in [0.717, 1.165) is 27.1 Å². The number of hydrogen-bond acceptors (Lipinski definition) is 1. The molecule has 0 unspecified atom stereocenters. The number of fused-ring (bicyclic) bond motifs is 2. The zero-order chi connectivity index (χ0) is 16.7. The molecule has 23 heavy (non-hydrogen) atoms. The standard InChI is InChI=1S/C19H21O3P/c1-3-19(4-2,23(20,21)22)18-11-7-10-16-12-14-8-5-6-9-15(14)13-17(16)18/h5-13H,3-4H2,1-2H3,(H2,20,21,22). The van der Waals surface area contributed by atoms with E-state index < -0.39 is 12.8 Å². The molecule has 0 radical (unpaired) electrons. The number of hydrogen-bond donors (Lipinski definition) is 2. The van der Waals surface area contributed by atoms with Gasteiger partial charge in [0, 0.05) is 0 Å². The molecule has 3 nitrogen and oxygen atoms in total. The Morgan fingerprint density at radius 1 is 0.870 bits per heavy atom. The summed E-state index contributed by atoms with van der Waals surface area (Å²) in [5.74, 6) is 0. The van der Waals surface area contributed by atoms with Gasteiger partial charge in [-0.1, -0.05) is 56.3 Å². The molecule has 0 bridgehead atoms. The molecule has 0 fully saturated rings. The minimum atomic E-state index is -4.29. The van der Waals surface area contributed by atoms with E-state index in [-0.39, 0.29) is 0 Å². The van der Waals surface area contributed by atoms with E-state index in [0.29, 0.717) is 12.8 Å². The van der Waals surface area contributed by atoms with Gasteiger partial charge in [0.25, 0.3) is 0 Å². The number of rotatable bonds is 4. The van der Waals surface area contributed by atoms with E-state index in [1.54, 1.807) is 0 Å². The molecule has 3 aromatic carbocycles. The summed E-state index contributed by atoms with van der Waals surface area (Å²) in [6.45, 7) is 3.70. The van der Waals surface area contributed by atoms with Gasteiger partial charge in [0.15, 0.2) is 0 Å². The second-order valence-electron chi connectivity index (χ2n) is 6.01. The normalized spacial score (nSPS) is 12.9. The summed E-state index contributed by atoms with van der Waals surface area (Å²) in [6.07, 6.45) is 0.805. The van der Waals surface area contributed by atoms with E-state index in [9.17, 15) is 14.4 Å².